The van der Waals surface area contributed by atoms with Gasteiger partial charge in [-0.3, -0.25) is 19.2 Å². The van der Waals surface area contributed by atoms with Crippen molar-refractivity contribution < 1.29 is 24.3 Å². The van der Waals surface area contributed by atoms with Gasteiger partial charge in [-0.2, -0.15) is 0 Å². The van der Waals surface area contributed by atoms with Crippen LogP contribution in [0.25, 0.3) is 0 Å². The quantitative estimate of drug-likeness (QED) is 0.212. The monoisotopic (exact) mass is 387 g/mol. The number of hydrogen-bond acceptors (Lipinski definition) is 6. The highest BCUT2D eigenvalue weighted by Crippen LogP contribution is 2.06. The third-order valence-electron chi connectivity index (χ3n) is 4.31. The van der Waals surface area contributed by atoms with Crippen LogP contribution in [0, 0.1) is 5.92 Å². The first-order chi connectivity index (χ1) is 12.6. The second-order valence-electron chi connectivity index (χ2n) is 6.60. The summed E-state index contributed by atoms with van der Waals surface area (Å²) in [5.41, 5.74) is 11.3. The molecule has 3 amide bonds. The number of unbranched alkanes of at least 4 members (excludes halogenated alkanes) is 1. The fourth-order valence-electron chi connectivity index (χ4n) is 2.23. The Kier molecular flexibility index (Phi) is 12.0. The van der Waals surface area contributed by atoms with Gasteiger partial charge in [0.1, 0.15) is 18.6 Å². The third kappa shape index (κ3) is 9.90. The van der Waals surface area contributed by atoms with Crippen LogP contribution in [0.15, 0.2) is 0 Å². The summed E-state index contributed by atoms with van der Waals surface area (Å²) >= 11 is 0. The molecule has 0 saturated carbocycles. The summed E-state index contributed by atoms with van der Waals surface area (Å²) in [5.74, 6) is -2.82. The summed E-state index contributed by atoms with van der Waals surface area (Å²) in [6.07, 6.45) is 2.28. The van der Waals surface area contributed by atoms with Crippen molar-refractivity contribution in [1.29, 1.82) is 0 Å². The summed E-state index contributed by atoms with van der Waals surface area (Å²) in [4.78, 5) is 47.2. The minimum Gasteiger partial charge on any atom is -0.480 e. The topological polar surface area (TPSA) is 177 Å². The lowest BCUT2D eigenvalue weighted by atomic mass is 9.99. The highest BCUT2D eigenvalue weighted by atomic mass is 16.4. The van der Waals surface area contributed by atoms with Crippen molar-refractivity contribution in [1.82, 2.24) is 16.0 Å². The van der Waals surface area contributed by atoms with E-state index in [1.807, 2.05) is 13.8 Å². The Morgan fingerprint density at radius 1 is 1.00 bits per heavy atom. The van der Waals surface area contributed by atoms with Crippen molar-refractivity contribution in [2.75, 3.05) is 13.1 Å². The molecule has 0 heterocycles. The molecule has 0 aliphatic rings. The van der Waals surface area contributed by atoms with Gasteiger partial charge in [0, 0.05) is 0 Å². The molecule has 0 aromatic rings. The van der Waals surface area contributed by atoms with Crippen molar-refractivity contribution in [2.45, 2.75) is 64.6 Å². The van der Waals surface area contributed by atoms with E-state index >= 15 is 0 Å². The van der Waals surface area contributed by atoms with Gasteiger partial charge in [-0.25, -0.2) is 0 Å². The zero-order valence-corrected chi connectivity index (χ0v) is 16.3. The highest BCUT2D eigenvalue weighted by molar-refractivity contribution is 5.93. The molecular weight excluding hydrogens is 354 g/mol. The van der Waals surface area contributed by atoms with Crippen LogP contribution < -0.4 is 27.4 Å². The maximum absolute atomic E-state index is 12.3. The Labute approximate surface area is 159 Å². The maximum atomic E-state index is 12.3. The average Bonchev–Trinajstić information content (AvgIpc) is 2.63. The molecule has 4 unspecified atom stereocenters. The van der Waals surface area contributed by atoms with Crippen LogP contribution in [0.5, 0.6) is 0 Å². The molecule has 0 aromatic heterocycles. The molecule has 0 fully saturated rings. The number of carbonyl (C=O) groups excluding carboxylic acids is 3. The molecule has 0 aliphatic carbocycles. The summed E-state index contributed by atoms with van der Waals surface area (Å²) < 4.78 is 0. The summed E-state index contributed by atoms with van der Waals surface area (Å²) in [6, 6.07) is -2.53. The van der Waals surface area contributed by atoms with Crippen molar-refractivity contribution in [3.05, 3.63) is 0 Å². The van der Waals surface area contributed by atoms with Crippen LogP contribution in [-0.4, -0.2) is 60.0 Å². The van der Waals surface area contributed by atoms with E-state index in [4.69, 9.17) is 16.6 Å². The van der Waals surface area contributed by atoms with Crippen LogP contribution >= 0.6 is 0 Å². The zero-order valence-electron chi connectivity index (χ0n) is 16.3. The second kappa shape index (κ2) is 13.0. The number of nitrogens with one attached hydrogen (secondary N) is 3. The predicted molar refractivity (Wildman–Crippen MR) is 101 cm³/mol. The van der Waals surface area contributed by atoms with E-state index in [9.17, 15) is 19.2 Å². The van der Waals surface area contributed by atoms with Gasteiger partial charge < -0.3 is 32.5 Å². The van der Waals surface area contributed by atoms with Crippen LogP contribution in [0.1, 0.15) is 46.5 Å². The minimum absolute atomic E-state index is 0.0360. The Morgan fingerprint density at radius 2 is 1.63 bits per heavy atom. The normalized spacial score (nSPS) is 15.1. The van der Waals surface area contributed by atoms with Crippen molar-refractivity contribution >= 4 is 23.7 Å². The largest absolute Gasteiger partial charge is 0.480 e. The standard InChI is InChI=1S/C17H33N5O5/c1-4-10(2)14(19)17(27)21-11(3)15(25)22-12(7-5-6-8-18)16(26)20-9-13(23)24/h10-12,14H,4-9,18-19H2,1-3H3,(H,20,26)(H,21,27)(H,22,25)(H,23,24). The lowest BCUT2D eigenvalue weighted by Crippen LogP contribution is -2.55. The van der Waals surface area contributed by atoms with Crippen LogP contribution in [0.4, 0.5) is 0 Å². The summed E-state index contributed by atoms with van der Waals surface area (Å²) in [6.45, 7) is 5.14. The fourth-order valence-corrected chi connectivity index (χ4v) is 2.23. The van der Waals surface area contributed by atoms with E-state index in [-0.39, 0.29) is 5.92 Å². The van der Waals surface area contributed by atoms with E-state index in [1.54, 1.807) is 0 Å². The van der Waals surface area contributed by atoms with Crippen molar-refractivity contribution in [3.8, 4) is 0 Å². The van der Waals surface area contributed by atoms with E-state index < -0.39 is 48.4 Å². The molecule has 10 nitrogen and oxygen atoms in total. The van der Waals surface area contributed by atoms with Gasteiger partial charge in [-0.15, -0.1) is 0 Å². The third-order valence-corrected chi connectivity index (χ3v) is 4.31. The lowest BCUT2D eigenvalue weighted by molar-refractivity contribution is -0.138. The zero-order chi connectivity index (χ0) is 21.0. The molecule has 0 radical (unpaired) electrons. The molecule has 0 aliphatic heterocycles. The Bertz CT molecular complexity index is 514. The summed E-state index contributed by atoms with van der Waals surface area (Å²) in [7, 11) is 0. The highest BCUT2D eigenvalue weighted by Gasteiger charge is 2.26. The lowest BCUT2D eigenvalue weighted by Gasteiger charge is -2.23. The average molecular weight is 387 g/mol. The smallest absolute Gasteiger partial charge is 0.322 e. The van der Waals surface area contributed by atoms with Crippen LogP contribution in [0.2, 0.25) is 0 Å². The van der Waals surface area contributed by atoms with Gasteiger partial charge in [0.05, 0.1) is 6.04 Å². The number of carbonyl (C=O) groups is 4. The van der Waals surface area contributed by atoms with Gasteiger partial charge in [0.2, 0.25) is 17.7 Å². The van der Waals surface area contributed by atoms with E-state index in [0.717, 1.165) is 6.42 Å². The van der Waals surface area contributed by atoms with Gasteiger partial charge in [-0.05, 0) is 38.6 Å². The molecule has 0 spiro atoms. The van der Waals surface area contributed by atoms with Gasteiger partial charge in [0.25, 0.3) is 0 Å². The second-order valence-corrected chi connectivity index (χ2v) is 6.60. The fraction of sp³-hybridized carbons (Fsp3) is 0.765. The van der Waals surface area contributed by atoms with Gasteiger partial charge >= 0.3 is 5.97 Å². The summed E-state index contributed by atoms with van der Waals surface area (Å²) in [5, 5.41) is 16.0. The number of carboxylic acid groups (broad SMARTS) is 1. The number of hydrogen-bond donors (Lipinski definition) is 6. The molecule has 4 atom stereocenters. The molecule has 10 heteroatoms. The molecule has 0 saturated heterocycles. The predicted octanol–water partition coefficient (Wildman–Crippen LogP) is -1.32. The minimum atomic E-state index is -1.19. The van der Waals surface area contributed by atoms with E-state index in [2.05, 4.69) is 16.0 Å². The van der Waals surface area contributed by atoms with E-state index in [1.165, 1.54) is 6.92 Å². The molecule has 0 bridgehead atoms. The van der Waals surface area contributed by atoms with Gasteiger partial charge in [0.15, 0.2) is 0 Å². The number of rotatable bonds is 13. The molecular formula is C17H33N5O5. The first-order valence-electron chi connectivity index (χ1n) is 9.19. The van der Waals surface area contributed by atoms with Crippen LogP contribution in [0.3, 0.4) is 0 Å². The molecule has 27 heavy (non-hydrogen) atoms. The van der Waals surface area contributed by atoms with Crippen LogP contribution in [-0.2, 0) is 19.2 Å². The Balaban J connectivity index is 4.81. The van der Waals surface area contributed by atoms with E-state index in [0.29, 0.717) is 25.8 Å². The maximum Gasteiger partial charge on any atom is 0.322 e. The Hall–Kier alpha value is -2.20. The number of carboxylic acids is 1. The number of aliphatic carboxylic acids is 1. The van der Waals surface area contributed by atoms with Crippen molar-refractivity contribution in [3.63, 3.8) is 0 Å². The SMILES string of the molecule is CCC(C)C(N)C(=O)NC(C)C(=O)NC(CCCCN)C(=O)NCC(=O)O. The number of nitrogens with two attached hydrogens (primary N) is 2. The molecule has 8 N–H and O–H groups in total. The molecule has 0 aromatic carbocycles. The first-order valence-corrected chi connectivity index (χ1v) is 9.19. The molecule has 156 valence electrons. The van der Waals surface area contributed by atoms with Crippen molar-refractivity contribution in [2.24, 2.45) is 17.4 Å². The van der Waals surface area contributed by atoms with Gasteiger partial charge in [-0.1, -0.05) is 20.3 Å². The molecule has 0 rings (SSSR count). The Morgan fingerprint density at radius 3 is 2.15 bits per heavy atom. The first kappa shape index (κ1) is 24.8. The number of amides is 3.